The van der Waals surface area contributed by atoms with Crippen molar-refractivity contribution in [2.24, 2.45) is 11.3 Å². The number of alkyl carbamates (subject to hydrolysis) is 1. The normalized spacial score (nSPS) is 19.1. The lowest BCUT2D eigenvalue weighted by molar-refractivity contribution is -0.158. The maximum atomic E-state index is 13.4. The van der Waals surface area contributed by atoms with E-state index in [1.165, 1.54) is 11.1 Å². The number of hydrogen-bond donors (Lipinski definition) is 2. The molecule has 184 valence electrons. The van der Waals surface area contributed by atoms with E-state index < -0.39 is 23.4 Å². The Hall–Kier alpha value is -3.35. The van der Waals surface area contributed by atoms with E-state index >= 15 is 0 Å². The quantitative estimate of drug-likeness (QED) is 0.602. The van der Waals surface area contributed by atoms with Crippen molar-refractivity contribution in [3.05, 3.63) is 59.7 Å². The monoisotopic (exact) mass is 476 g/mol. The summed E-state index contributed by atoms with van der Waals surface area (Å²) in [5.74, 6) is -1.40. The zero-order valence-electron chi connectivity index (χ0n) is 19.9. The van der Waals surface area contributed by atoms with Crippen molar-refractivity contribution < 1.29 is 24.2 Å². The highest BCUT2D eigenvalue weighted by Crippen LogP contribution is 2.44. The van der Waals surface area contributed by atoms with Crippen molar-refractivity contribution in [2.75, 3.05) is 26.2 Å². The van der Waals surface area contributed by atoms with Crippen LogP contribution < -0.4 is 5.32 Å². The van der Waals surface area contributed by atoms with E-state index in [2.05, 4.69) is 29.6 Å². The number of rotatable bonds is 6. The summed E-state index contributed by atoms with van der Waals surface area (Å²) in [4.78, 5) is 39.0. The first-order chi connectivity index (χ1) is 17.0. The van der Waals surface area contributed by atoms with Crippen molar-refractivity contribution in [3.8, 4) is 11.1 Å². The maximum Gasteiger partial charge on any atom is 0.407 e. The van der Waals surface area contributed by atoms with Gasteiger partial charge in [-0.05, 0) is 35.1 Å². The Morgan fingerprint density at radius 1 is 0.914 bits per heavy atom. The Morgan fingerprint density at radius 2 is 1.49 bits per heavy atom. The van der Waals surface area contributed by atoms with Gasteiger partial charge in [0.1, 0.15) is 6.61 Å². The Bertz CT molecular complexity index is 1070. The van der Waals surface area contributed by atoms with E-state index in [0.29, 0.717) is 12.8 Å². The Morgan fingerprint density at radius 3 is 2.06 bits per heavy atom. The standard InChI is InChI=1S/C28H32N2O5/c31-25(32)19-15-30(16-19)26(33)28(13-7-1-2-8-14-28)18-29-27(34)35-17-24-22-11-5-3-9-20(22)21-10-4-6-12-23(21)24/h3-6,9-12,19,24H,1-2,7-8,13-18H2,(H,29,34)(H,31,32). The van der Waals surface area contributed by atoms with E-state index in [4.69, 9.17) is 4.74 Å². The van der Waals surface area contributed by atoms with Crippen LogP contribution in [0, 0.1) is 11.3 Å². The zero-order chi connectivity index (χ0) is 24.4. The second-order valence-corrected chi connectivity index (χ2v) is 10.1. The van der Waals surface area contributed by atoms with E-state index in [1.54, 1.807) is 4.90 Å². The number of carboxylic acids is 1. The average molecular weight is 477 g/mol. The summed E-state index contributed by atoms with van der Waals surface area (Å²) in [5, 5.41) is 12.1. The van der Waals surface area contributed by atoms with Gasteiger partial charge in [-0.15, -0.1) is 0 Å². The molecule has 0 spiro atoms. The molecule has 2 N–H and O–H groups in total. The summed E-state index contributed by atoms with van der Waals surface area (Å²) in [6.07, 6.45) is 4.86. The van der Waals surface area contributed by atoms with Gasteiger partial charge in [0.15, 0.2) is 0 Å². The van der Waals surface area contributed by atoms with Crippen LogP contribution in [0.1, 0.15) is 55.6 Å². The number of nitrogens with zero attached hydrogens (tertiary/aromatic N) is 1. The van der Waals surface area contributed by atoms with Gasteiger partial charge in [0.2, 0.25) is 5.91 Å². The van der Waals surface area contributed by atoms with Gasteiger partial charge >= 0.3 is 12.1 Å². The van der Waals surface area contributed by atoms with Crippen molar-refractivity contribution in [3.63, 3.8) is 0 Å². The lowest BCUT2D eigenvalue weighted by Crippen LogP contribution is -2.59. The molecule has 0 bridgehead atoms. The summed E-state index contributed by atoms with van der Waals surface area (Å²) in [6, 6.07) is 16.4. The van der Waals surface area contributed by atoms with Gasteiger partial charge in [0.05, 0.1) is 11.3 Å². The number of amides is 2. The Kier molecular flexibility index (Phi) is 6.50. The molecule has 1 saturated carbocycles. The second-order valence-electron chi connectivity index (χ2n) is 10.1. The number of fused-ring (bicyclic) bond motifs is 3. The first kappa shape index (κ1) is 23.4. The lowest BCUT2D eigenvalue weighted by atomic mass is 9.77. The molecule has 7 nitrogen and oxygen atoms in total. The first-order valence-electron chi connectivity index (χ1n) is 12.6. The van der Waals surface area contributed by atoms with Gasteiger partial charge < -0.3 is 20.1 Å². The van der Waals surface area contributed by atoms with Crippen molar-refractivity contribution in [1.82, 2.24) is 10.2 Å². The minimum atomic E-state index is -0.860. The van der Waals surface area contributed by atoms with Gasteiger partial charge in [-0.3, -0.25) is 9.59 Å². The van der Waals surface area contributed by atoms with Gasteiger partial charge in [0.25, 0.3) is 0 Å². The molecular formula is C28H32N2O5. The Balaban J connectivity index is 1.23. The highest BCUT2D eigenvalue weighted by Gasteiger charge is 2.46. The SMILES string of the molecule is O=C(NCC1(C(=O)N2CC(C(=O)O)C2)CCCCCC1)OCC1c2ccccc2-c2ccccc21. The van der Waals surface area contributed by atoms with Crippen LogP contribution in [0.5, 0.6) is 0 Å². The maximum absolute atomic E-state index is 13.4. The summed E-state index contributed by atoms with van der Waals surface area (Å²) >= 11 is 0. The van der Waals surface area contributed by atoms with Gasteiger partial charge in [-0.25, -0.2) is 4.79 Å². The zero-order valence-corrected chi connectivity index (χ0v) is 19.9. The van der Waals surface area contributed by atoms with Crippen molar-refractivity contribution >= 4 is 18.0 Å². The number of ether oxygens (including phenoxy) is 1. The molecule has 3 aliphatic rings. The van der Waals surface area contributed by atoms with Crippen molar-refractivity contribution in [1.29, 1.82) is 0 Å². The molecule has 1 aliphatic heterocycles. The lowest BCUT2D eigenvalue weighted by Gasteiger charge is -2.43. The van der Waals surface area contributed by atoms with Crippen LogP contribution in [0.25, 0.3) is 11.1 Å². The fourth-order valence-corrected chi connectivity index (χ4v) is 5.90. The molecule has 1 heterocycles. The predicted octanol–water partition coefficient (Wildman–Crippen LogP) is 4.41. The summed E-state index contributed by atoms with van der Waals surface area (Å²) in [7, 11) is 0. The molecule has 0 unspecified atom stereocenters. The number of aliphatic carboxylic acids is 1. The number of carbonyl (C=O) groups excluding carboxylic acids is 2. The third-order valence-corrected chi connectivity index (χ3v) is 7.95. The number of carbonyl (C=O) groups is 3. The molecule has 35 heavy (non-hydrogen) atoms. The van der Waals surface area contributed by atoms with Crippen LogP contribution in [0.3, 0.4) is 0 Å². The fourth-order valence-electron chi connectivity index (χ4n) is 5.90. The smallest absolute Gasteiger partial charge is 0.407 e. The van der Waals surface area contributed by atoms with Gasteiger partial charge in [-0.2, -0.15) is 0 Å². The molecule has 0 atom stereocenters. The third-order valence-electron chi connectivity index (χ3n) is 7.95. The summed E-state index contributed by atoms with van der Waals surface area (Å²) < 4.78 is 5.68. The van der Waals surface area contributed by atoms with Crippen molar-refractivity contribution in [2.45, 2.75) is 44.4 Å². The van der Waals surface area contributed by atoms with Crippen LogP contribution in [0.2, 0.25) is 0 Å². The number of hydrogen-bond acceptors (Lipinski definition) is 4. The highest BCUT2D eigenvalue weighted by molar-refractivity contribution is 5.86. The molecule has 0 aromatic heterocycles. The molecule has 2 aromatic carbocycles. The van der Waals surface area contributed by atoms with E-state index in [0.717, 1.165) is 36.8 Å². The minimum Gasteiger partial charge on any atom is -0.481 e. The largest absolute Gasteiger partial charge is 0.481 e. The summed E-state index contributed by atoms with van der Waals surface area (Å²) in [6.45, 7) is 0.950. The van der Waals surface area contributed by atoms with Gasteiger partial charge in [-0.1, -0.05) is 74.2 Å². The van der Waals surface area contributed by atoms with Crippen LogP contribution in [0.4, 0.5) is 4.79 Å². The first-order valence-corrected chi connectivity index (χ1v) is 12.6. The molecule has 2 amide bonds. The van der Waals surface area contributed by atoms with Crippen LogP contribution in [-0.2, 0) is 14.3 Å². The molecule has 1 saturated heterocycles. The Labute approximate surface area is 205 Å². The average Bonchev–Trinajstić information content (AvgIpc) is 2.96. The van der Waals surface area contributed by atoms with Crippen LogP contribution in [0.15, 0.2) is 48.5 Å². The number of nitrogens with one attached hydrogen (secondary N) is 1. The number of likely N-dealkylation sites (tertiary alicyclic amines) is 1. The highest BCUT2D eigenvalue weighted by atomic mass is 16.5. The second kappa shape index (κ2) is 9.72. The van der Waals surface area contributed by atoms with Crippen LogP contribution in [-0.4, -0.2) is 54.2 Å². The van der Waals surface area contributed by atoms with E-state index in [1.807, 2.05) is 24.3 Å². The molecule has 2 aromatic rings. The molecule has 7 heteroatoms. The minimum absolute atomic E-state index is 0.0179. The molecule has 5 rings (SSSR count). The van der Waals surface area contributed by atoms with Crippen LogP contribution >= 0.6 is 0 Å². The fraction of sp³-hybridized carbons (Fsp3) is 0.464. The van der Waals surface area contributed by atoms with E-state index in [9.17, 15) is 19.5 Å². The van der Waals surface area contributed by atoms with Gasteiger partial charge in [0, 0.05) is 25.6 Å². The molecular weight excluding hydrogens is 444 g/mol. The van der Waals surface area contributed by atoms with E-state index in [-0.39, 0.29) is 38.1 Å². The number of benzene rings is 2. The molecule has 2 fully saturated rings. The molecule has 0 radical (unpaired) electrons. The summed E-state index contributed by atoms with van der Waals surface area (Å²) in [5.41, 5.74) is 3.97. The predicted molar refractivity (Wildman–Crippen MR) is 131 cm³/mol. The topological polar surface area (TPSA) is 95.9 Å². The third kappa shape index (κ3) is 4.51. The number of carboxylic acid groups (broad SMARTS) is 1. The molecule has 2 aliphatic carbocycles.